The quantitative estimate of drug-likeness (QED) is 0.0637. The maximum Gasteiger partial charge on any atom is 0.243 e. The number of hydrogen-bond acceptors (Lipinski definition) is 7. The van der Waals surface area contributed by atoms with Gasteiger partial charge in [0.05, 0.1) is 19.1 Å². The zero-order valence-corrected chi connectivity index (χ0v) is 21.7. The van der Waals surface area contributed by atoms with Crippen LogP contribution in [0, 0.1) is 0 Å². The number of carbonyl (C=O) groups excluding carboxylic acids is 5. The lowest BCUT2D eigenvalue weighted by Crippen LogP contribution is -2.58. The number of primary amides is 1. The van der Waals surface area contributed by atoms with E-state index in [-0.39, 0.29) is 5.75 Å². The maximum atomic E-state index is 12.8. The SMILES string of the molecule is C[C@H](NC(=O)[C@H](CCCC[NH3+])NC(=O)[C@H](C)NC(=O)[C@@H](N)CCCC[NH3+])C(=O)N[C@@H](CS)C(N)=O. The van der Waals surface area contributed by atoms with Crippen LogP contribution >= 0.6 is 12.6 Å². The third-order valence-corrected chi connectivity index (χ3v) is 5.69. The molecule has 0 heterocycles. The molecule has 202 valence electrons. The lowest BCUT2D eigenvalue weighted by molar-refractivity contribution is -0.368. The molecule has 0 aromatic rings. The van der Waals surface area contributed by atoms with Crippen LogP contribution in [-0.4, -0.2) is 78.6 Å². The van der Waals surface area contributed by atoms with Gasteiger partial charge in [0.15, 0.2) is 0 Å². The third-order valence-electron chi connectivity index (χ3n) is 5.32. The molecule has 0 rings (SSSR count). The number of rotatable bonds is 18. The van der Waals surface area contributed by atoms with Crippen LogP contribution < -0.4 is 44.2 Å². The summed E-state index contributed by atoms with van der Waals surface area (Å²) in [5, 5.41) is 10.1. The van der Waals surface area contributed by atoms with Crippen molar-refractivity contribution in [2.45, 2.75) is 82.6 Å². The zero-order chi connectivity index (χ0) is 27.0. The van der Waals surface area contributed by atoms with Gasteiger partial charge in [-0.1, -0.05) is 0 Å². The minimum absolute atomic E-state index is 0.00848. The fourth-order valence-electron chi connectivity index (χ4n) is 3.03. The van der Waals surface area contributed by atoms with Gasteiger partial charge in [-0.05, 0) is 52.4 Å². The van der Waals surface area contributed by atoms with Crippen molar-refractivity contribution in [3.05, 3.63) is 0 Å². The smallest absolute Gasteiger partial charge is 0.243 e. The fraction of sp³-hybridized carbons (Fsp3) is 0.762. The number of thiol groups is 1. The Morgan fingerprint density at radius 3 is 1.63 bits per heavy atom. The second kappa shape index (κ2) is 17.9. The predicted molar refractivity (Wildman–Crippen MR) is 133 cm³/mol. The van der Waals surface area contributed by atoms with Crippen molar-refractivity contribution >= 4 is 42.2 Å². The van der Waals surface area contributed by atoms with Gasteiger partial charge in [-0.3, -0.25) is 24.0 Å². The van der Waals surface area contributed by atoms with E-state index in [1.807, 2.05) is 0 Å². The molecule has 0 aromatic carbocycles. The summed E-state index contributed by atoms with van der Waals surface area (Å²) in [6, 6.07) is -4.57. The Morgan fingerprint density at radius 1 is 0.714 bits per heavy atom. The Morgan fingerprint density at radius 2 is 1.17 bits per heavy atom. The molecular weight excluding hydrogens is 476 g/mol. The summed E-state index contributed by atoms with van der Waals surface area (Å²) in [6.07, 6.45) is 3.77. The van der Waals surface area contributed by atoms with Crippen LogP contribution in [0.15, 0.2) is 0 Å². The van der Waals surface area contributed by atoms with Crippen LogP contribution in [0.4, 0.5) is 0 Å². The number of unbranched alkanes of at least 4 members (excludes halogenated alkanes) is 2. The second-order valence-corrected chi connectivity index (χ2v) is 8.84. The van der Waals surface area contributed by atoms with Crippen molar-refractivity contribution in [2.24, 2.45) is 11.5 Å². The molecule has 5 atom stereocenters. The van der Waals surface area contributed by atoms with Crippen molar-refractivity contribution in [2.75, 3.05) is 18.8 Å². The molecule has 0 aliphatic carbocycles. The van der Waals surface area contributed by atoms with E-state index in [1.165, 1.54) is 13.8 Å². The molecule has 14 N–H and O–H groups in total. The summed E-state index contributed by atoms with van der Waals surface area (Å²) in [4.78, 5) is 61.4. The second-order valence-electron chi connectivity index (χ2n) is 8.47. The largest absolute Gasteiger partial charge is 0.368 e. The molecule has 0 bridgehead atoms. The van der Waals surface area contributed by atoms with Crippen LogP contribution in [0.3, 0.4) is 0 Å². The molecule has 0 spiro atoms. The Bertz CT molecular complexity index is 711. The molecule has 0 unspecified atom stereocenters. The van der Waals surface area contributed by atoms with Crippen LogP contribution in [-0.2, 0) is 24.0 Å². The normalized spacial score (nSPS) is 15.1. The van der Waals surface area contributed by atoms with E-state index in [0.29, 0.717) is 25.8 Å². The highest BCUT2D eigenvalue weighted by atomic mass is 32.1. The molecule has 0 fully saturated rings. The summed E-state index contributed by atoms with van der Waals surface area (Å²) in [5.74, 6) is -2.94. The monoisotopic (exact) mass is 520 g/mol. The topological polar surface area (TPSA) is 241 Å². The first-order chi connectivity index (χ1) is 16.5. The Hall–Kier alpha value is -2.42. The minimum atomic E-state index is -0.995. The van der Waals surface area contributed by atoms with Crippen molar-refractivity contribution in [3.8, 4) is 0 Å². The molecule has 0 aromatic heterocycles. The average molecular weight is 521 g/mol. The van der Waals surface area contributed by atoms with Gasteiger partial charge in [0.1, 0.15) is 24.2 Å². The number of nitrogens with two attached hydrogens (primary N) is 2. The van der Waals surface area contributed by atoms with E-state index in [0.717, 1.165) is 25.8 Å². The van der Waals surface area contributed by atoms with Gasteiger partial charge in [-0.15, -0.1) is 0 Å². The number of carbonyl (C=O) groups is 5. The number of nitrogens with one attached hydrogen (secondary N) is 4. The van der Waals surface area contributed by atoms with Crippen LogP contribution in [0.2, 0.25) is 0 Å². The molecule has 35 heavy (non-hydrogen) atoms. The number of quaternary nitrogens is 2. The molecule has 0 saturated carbocycles. The van der Waals surface area contributed by atoms with Crippen molar-refractivity contribution in [1.29, 1.82) is 0 Å². The standard InChI is InChI=1S/C21H42N8O5S/c1-12(26-20(33)14(24)7-3-5-9-22)18(31)28-15(8-4-6-10-23)21(34)27-13(2)19(32)29-16(11-35)17(25)30/h12-16,35H,3-11,22-24H2,1-2H3,(H2,25,30)(H,26,33)(H,27,34)(H,28,31)(H,29,32)/p+2/t12-,13-,14-,15-,16-/m0/s1. The molecule has 13 nitrogen and oxygen atoms in total. The molecule has 0 radical (unpaired) electrons. The van der Waals surface area contributed by atoms with E-state index in [4.69, 9.17) is 11.5 Å². The lowest BCUT2D eigenvalue weighted by atomic mass is 10.1. The van der Waals surface area contributed by atoms with Crippen LogP contribution in [0.1, 0.15) is 52.4 Å². The predicted octanol–water partition coefficient (Wildman–Crippen LogP) is -4.47. The van der Waals surface area contributed by atoms with Crippen molar-refractivity contribution in [1.82, 2.24) is 21.3 Å². The molecule has 14 heteroatoms. The van der Waals surface area contributed by atoms with E-state index < -0.39 is 59.7 Å². The molecule has 0 aliphatic heterocycles. The van der Waals surface area contributed by atoms with E-state index >= 15 is 0 Å². The van der Waals surface area contributed by atoms with Gasteiger partial charge >= 0.3 is 0 Å². The van der Waals surface area contributed by atoms with Crippen molar-refractivity contribution < 1.29 is 35.4 Å². The van der Waals surface area contributed by atoms with E-state index in [2.05, 4.69) is 45.4 Å². The summed E-state index contributed by atoms with van der Waals surface area (Å²) in [6.45, 7) is 4.36. The molecule has 5 amide bonds. The molecule has 0 saturated heterocycles. The van der Waals surface area contributed by atoms with Crippen LogP contribution in [0.25, 0.3) is 0 Å². The first kappa shape index (κ1) is 32.6. The van der Waals surface area contributed by atoms with Crippen molar-refractivity contribution in [3.63, 3.8) is 0 Å². The van der Waals surface area contributed by atoms with Gasteiger partial charge in [0, 0.05) is 5.75 Å². The first-order valence-corrected chi connectivity index (χ1v) is 12.6. The maximum absolute atomic E-state index is 12.8. The summed E-state index contributed by atoms with van der Waals surface area (Å²) in [7, 11) is 0. The first-order valence-electron chi connectivity index (χ1n) is 11.9. The summed E-state index contributed by atoms with van der Waals surface area (Å²) < 4.78 is 0. The Labute approximate surface area is 212 Å². The van der Waals surface area contributed by atoms with Gasteiger partial charge in [0.2, 0.25) is 29.5 Å². The van der Waals surface area contributed by atoms with Gasteiger partial charge in [-0.2, -0.15) is 12.6 Å². The minimum Gasteiger partial charge on any atom is -0.368 e. The van der Waals surface area contributed by atoms with Gasteiger partial charge < -0.3 is 44.2 Å². The van der Waals surface area contributed by atoms with E-state index in [9.17, 15) is 24.0 Å². The average Bonchev–Trinajstić information content (AvgIpc) is 2.81. The Kier molecular flexibility index (Phi) is 16.7. The van der Waals surface area contributed by atoms with Gasteiger partial charge in [-0.25, -0.2) is 0 Å². The number of hydrogen-bond donors (Lipinski definition) is 9. The summed E-state index contributed by atoms with van der Waals surface area (Å²) in [5.41, 5.74) is 18.6. The number of amides is 5. The highest BCUT2D eigenvalue weighted by molar-refractivity contribution is 7.80. The lowest BCUT2D eigenvalue weighted by Gasteiger charge is -2.24. The summed E-state index contributed by atoms with van der Waals surface area (Å²) >= 11 is 3.97. The van der Waals surface area contributed by atoms with E-state index in [1.54, 1.807) is 0 Å². The highest BCUT2D eigenvalue weighted by Gasteiger charge is 2.28. The van der Waals surface area contributed by atoms with Crippen LogP contribution in [0.5, 0.6) is 0 Å². The van der Waals surface area contributed by atoms with Gasteiger partial charge in [0.25, 0.3) is 0 Å². The highest BCUT2D eigenvalue weighted by Crippen LogP contribution is 2.03. The Balaban J connectivity index is 5.05. The fourth-order valence-corrected chi connectivity index (χ4v) is 3.30. The zero-order valence-electron chi connectivity index (χ0n) is 20.8. The molecule has 0 aliphatic rings. The third kappa shape index (κ3) is 13.3. The molecular formula is C21H44N8O5S+2.